The third kappa shape index (κ3) is 4.67. The number of nitrogens with zero attached hydrogens (tertiary/aromatic N) is 3. The lowest BCUT2D eigenvalue weighted by atomic mass is 10.0. The lowest BCUT2D eigenvalue weighted by molar-refractivity contribution is -0.122. The quantitative estimate of drug-likeness (QED) is 0.661. The number of nitrogens with two attached hydrogens (primary N) is 1. The van der Waals surface area contributed by atoms with Crippen LogP contribution in [0.25, 0.3) is 10.2 Å². The zero-order valence-corrected chi connectivity index (χ0v) is 18.3. The molecule has 2 aromatic rings. The highest BCUT2D eigenvalue weighted by Gasteiger charge is 2.34. The molecule has 158 valence electrons. The second-order valence-electron chi connectivity index (χ2n) is 6.79. The molecule has 3 rings (SSSR count). The normalized spacial score (nSPS) is 19.5. The lowest BCUT2D eigenvalue weighted by Gasteiger charge is -2.31. The Morgan fingerprint density at radius 1 is 1.34 bits per heavy atom. The first-order valence-corrected chi connectivity index (χ1v) is 13.1. The predicted octanol–water partition coefficient (Wildman–Crippen LogP) is 0.778. The number of fused-ring (bicyclic) bond motifs is 1. The Morgan fingerprint density at radius 3 is 2.69 bits per heavy atom. The summed E-state index contributed by atoms with van der Waals surface area (Å²) in [6.45, 7) is 4.35. The fraction of sp³-hybridized carbons (Fsp3) is 0.412. The number of aromatic nitrogens is 1. The van der Waals surface area contributed by atoms with Gasteiger partial charge in [-0.2, -0.15) is 9.30 Å². The van der Waals surface area contributed by atoms with E-state index in [2.05, 4.69) is 11.6 Å². The zero-order chi connectivity index (χ0) is 21.4. The predicted molar refractivity (Wildman–Crippen MR) is 111 cm³/mol. The van der Waals surface area contributed by atoms with Gasteiger partial charge in [0.25, 0.3) is 5.91 Å². The molecule has 2 N–H and O–H groups in total. The van der Waals surface area contributed by atoms with Crippen molar-refractivity contribution in [3.8, 4) is 0 Å². The van der Waals surface area contributed by atoms with Gasteiger partial charge in [-0.05, 0) is 31.0 Å². The average molecular weight is 459 g/mol. The van der Waals surface area contributed by atoms with Crippen LogP contribution < -0.4 is 9.94 Å². The standard InChI is InChI=1S/C17H22N4O5S3/c1-3-9-20-13-8-7-12(29(18,25)26)11-15(13)27-17(20)19-16(22)14-6-4-5-10-21(14)28(2,23)24/h3,7-8,11,14H,1,4-6,9-10H2,2H3,(H2,18,25,26). The maximum Gasteiger partial charge on any atom is 0.266 e. The van der Waals surface area contributed by atoms with Crippen LogP contribution in [0.15, 0.2) is 40.7 Å². The summed E-state index contributed by atoms with van der Waals surface area (Å²) in [6.07, 6.45) is 4.58. The zero-order valence-electron chi connectivity index (χ0n) is 15.8. The number of amides is 1. The van der Waals surface area contributed by atoms with Crippen LogP contribution in [0, 0.1) is 0 Å². The second kappa shape index (κ2) is 8.11. The Labute approximate surface area is 173 Å². The number of piperidine rings is 1. The summed E-state index contributed by atoms with van der Waals surface area (Å²) < 4.78 is 50.9. The largest absolute Gasteiger partial charge is 0.313 e. The molecule has 0 radical (unpaired) electrons. The SMILES string of the molecule is C=CCn1c(=NC(=O)C2CCCCN2S(C)(=O)=O)sc2cc(S(N)(=O)=O)ccc21. The summed E-state index contributed by atoms with van der Waals surface area (Å²) in [5, 5.41) is 5.20. The fourth-order valence-corrected chi connectivity index (χ4v) is 6.16. The molecule has 2 heterocycles. The number of carbonyl (C=O) groups is 1. The van der Waals surface area contributed by atoms with Crippen molar-refractivity contribution in [1.29, 1.82) is 0 Å². The van der Waals surface area contributed by atoms with Crippen molar-refractivity contribution in [2.24, 2.45) is 10.1 Å². The minimum Gasteiger partial charge on any atom is -0.313 e. The number of sulfonamides is 2. The van der Waals surface area contributed by atoms with E-state index in [4.69, 9.17) is 5.14 Å². The second-order valence-corrected chi connectivity index (χ2v) is 11.3. The molecule has 1 fully saturated rings. The molecule has 1 aliphatic rings. The summed E-state index contributed by atoms with van der Waals surface area (Å²) in [5.74, 6) is -0.536. The van der Waals surface area contributed by atoms with Gasteiger partial charge in [-0.3, -0.25) is 4.79 Å². The van der Waals surface area contributed by atoms with E-state index in [0.29, 0.717) is 40.9 Å². The van der Waals surface area contributed by atoms with Crippen molar-refractivity contribution < 1.29 is 21.6 Å². The molecule has 1 aliphatic heterocycles. The van der Waals surface area contributed by atoms with Crippen LogP contribution in [0.4, 0.5) is 0 Å². The van der Waals surface area contributed by atoms with E-state index >= 15 is 0 Å². The average Bonchev–Trinajstić information content (AvgIpc) is 2.97. The van der Waals surface area contributed by atoms with Gasteiger partial charge in [0.1, 0.15) is 6.04 Å². The van der Waals surface area contributed by atoms with E-state index in [-0.39, 0.29) is 4.90 Å². The molecule has 1 atom stereocenters. The van der Waals surface area contributed by atoms with E-state index in [0.717, 1.165) is 24.0 Å². The molecule has 0 aliphatic carbocycles. The van der Waals surface area contributed by atoms with E-state index in [1.807, 2.05) is 0 Å². The van der Waals surface area contributed by atoms with Gasteiger partial charge in [0, 0.05) is 13.1 Å². The number of allylic oxidation sites excluding steroid dienone is 1. The van der Waals surface area contributed by atoms with Gasteiger partial charge in [-0.15, -0.1) is 6.58 Å². The number of rotatable bonds is 5. The number of hydrogen-bond donors (Lipinski definition) is 1. The van der Waals surface area contributed by atoms with Crippen molar-refractivity contribution in [3.63, 3.8) is 0 Å². The van der Waals surface area contributed by atoms with Gasteiger partial charge in [0.05, 0.1) is 21.4 Å². The van der Waals surface area contributed by atoms with Gasteiger partial charge in [-0.1, -0.05) is 23.8 Å². The molecule has 1 saturated heterocycles. The van der Waals surface area contributed by atoms with Crippen LogP contribution in [-0.2, 0) is 31.4 Å². The Hall–Kier alpha value is -1.86. The Balaban J connectivity index is 2.11. The maximum atomic E-state index is 12.9. The molecular weight excluding hydrogens is 436 g/mol. The third-order valence-corrected chi connectivity index (χ3v) is 7.91. The fourth-order valence-electron chi connectivity index (χ4n) is 3.34. The summed E-state index contributed by atoms with van der Waals surface area (Å²) in [5.41, 5.74) is 0.678. The van der Waals surface area contributed by atoms with E-state index < -0.39 is 32.0 Å². The molecule has 0 spiro atoms. The van der Waals surface area contributed by atoms with Gasteiger partial charge < -0.3 is 4.57 Å². The summed E-state index contributed by atoms with van der Waals surface area (Å²) >= 11 is 1.13. The first-order chi connectivity index (χ1) is 13.5. The molecular formula is C17H22N4O5S3. The number of benzene rings is 1. The number of carbonyl (C=O) groups excluding carboxylic acids is 1. The minimum atomic E-state index is -3.87. The van der Waals surface area contributed by atoms with E-state index in [9.17, 15) is 21.6 Å². The van der Waals surface area contributed by atoms with E-state index in [1.165, 1.54) is 16.4 Å². The third-order valence-electron chi connectivity index (χ3n) is 4.66. The van der Waals surface area contributed by atoms with Gasteiger partial charge in [-0.25, -0.2) is 22.0 Å². The highest BCUT2D eigenvalue weighted by atomic mass is 32.2. The summed E-state index contributed by atoms with van der Waals surface area (Å²) in [6, 6.07) is 3.59. The molecule has 1 unspecified atom stereocenters. The van der Waals surface area contributed by atoms with Crippen molar-refractivity contribution in [1.82, 2.24) is 8.87 Å². The van der Waals surface area contributed by atoms with Crippen LogP contribution in [0.3, 0.4) is 0 Å². The Bertz CT molecular complexity index is 1240. The number of hydrogen-bond acceptors (Lipinski definition) is 6. The molecule has 29 heavy (non-hydrogen) atoms. The maximum absolute atomic E-state index is 12.9. The number of thiazole rings is 1. The lowest BCUT2D eigenvalue weighted by Crippen LogP contribution is -2.47. The summed E-state index contributed by atoms with van der Waals surface area (Å²) in [7, 11) is -7.39. The minimum absolute atomic E-state index is 0.0367. The van der Waals surface area contributed by atoms with Crippen molar-refractivity contribution >= 4 is 47.5 Å². The number of primary sulfonamides is 1. The first-order valence-electron chi connectivity index (χ1n) is 8.85. The van der Waals surface area contributed by atoms with Crippen LogP contribution in [-0.4, -0.2) is 50.5 Å². The van der Waals surface area contributed by atoms with Gasteiger partial charge in [0.15, 0.2) is 4.80 Å². The monoisotopic (exact) mass is 458 g/mol. The highest BCUT2D eigenvalue weighted by Crippen LogP contribution is 2.23. The molecule has 0 bridgehead atoms. The Kier molecular flexibility index (Phi) is 6.11. The topological polar surface area (TPSA) is 132 Å². The smallest absolute Gasteiger partial charge is 0.266 e. The first kappa shape index (κ1) is 21.8. The molecule has 1 aromatic carbocycles. The Morgan fingerprint density at radius 2 is 2.07 bits per heavy atom. The molecule has 9 nitrogen and oxygen atoms in total. The van der Waals surface area contributed by atoms with Crippen LogP contribution in [0.5, 0.6) is 0 Å². The van der Waals surface area contributed by atoms with Crippen molar-refractivity contribution in [3.05, 3.63) is 35.7 Å². The van der Waals surface area contributed by atoms with Crippen LogP contribution >= 0.6 is 11.3 Å². The van der Waals surface area contributed by atoms with Gasteiger partial charge >= 0.3 is 0 Å². The molecule has 12 heteroatoms. The van der Waals surface area contributed by atoms with E-state index in [1.54, 1.807) is 16.7 Å². The van der Waals surface area contributed by atoms with Crippen molar-refractivity contribution in [2.75, 3.05) is 12.8 Å². The molecule has 0 saturated carbocycles. The van der Waals surface area contributed by atoms with Crippen LogP contribution in [0.2, 0.25) is 0 Å². The highest BCUT2D eigenvalue weighted by molar-refractivity contribution is 7.89. The van der Waals surface area contributed by atoms with Crippen molar-refractivity contribution in [2.45, 2.75) is 36.7 Å². The molecule has 1 amide bonds. The van der Waals surface area contributed by atoms with Gasteiger partial charge in [0.2, 0.25) is 20.0 Å². The summed E-state index contributed by atoms with van der Waals surface area (Å²) in [4.78, 5) is 17.4. The van der Waals surface area contributed by atoms with Crippen LogP contribution in [0.1, 0.15) is 19.3 Å². The molecule has 1 aromatic heterocycles.